The topological polar surface area (TPSA) is 18.5 Å². The summed E-state index contributed by atoms with van der Waals surface area (Å²) in [5.74, 6) is 1.40. The van der Waals surface area contributed by atoms with Crippen molar-refractivity contribution in [2.45, 2.75) is 33.6 Å². The van der Waals surface area contributed by atoms with E-state index in [1.807, 2.05) is 0 Å². The Morgan fingerprint density at radius 1 is 1.20 bits per heavy atom. The van der Waals surface area contributed by atoms with Crippen molar-refractivity contribution in [3.63, 3.8) is 0 Å². The number of hydrogen-bond acceptors (Lipinski definition) is 3. The Balaban J connectivity index is 1.82. The second kappa shape index (κ2) is 4.10. The molecule has 0 unspecified atom stereocenters. The van der Waals surface area contributed by atoms with Crippen molar-refractivity contribution < 1.29 is 9.05 Å². The molecular formula is C11H21O2PS. The highest BCUT2D eigenvalue weighted by Gasteiger charge is 2.42. The highest BCUT2D eigenvalue weighted by molar-refractivity contribution is 8.09. The Hall–Kier alpha value is 0.570. The Morgan fingerprint density at radius 2 is 1.73 bits per heavy atom. The molecule has 1 saturated heterocycles. The number of hydrogen-bond donors (Lipinski definition) is 0. The van der Waals surface area contributed by atoms with Gasteiger partial charge in [-0.25, -0.2) is 0 Å². The zero-order chi connectivity index (χ0) is 11.1. The molecule has 0 spiro atoms. The summed E-state index contributed by atoms with van der Waals surface area (Å²) in [6, 6.07) is 0. The van der Waals surface area contributed by atoms with Gasteiger partial charge in [-0.3, -0.25) is 0 Å². The fraction of sp³-hybridized carbons (Fsp3) is 1.00. The maximum absolute atomic E-state index is 5.76. The Morgan fingerprint density at radius 3 is 2.13 bits per heavy atom. The van der Waals surface area contributed by atoms with Gasteiger partial charge in [-0.15, -0.1) is 0 Å². The van der Waals surface area contributed by atoms with Gasteiger partial charge in [-0.05, 0) is 36.0 Å². The zero-order valence-electron chi connectivity index (χ0n) is 9.86. The Kier molecular flexibility index (Phi) is 3.29. The molecule has 88 valence electrons. The number of rotatable bonds is 2. The van der Waals surface area contributed by atoms with Gasteiger partial charge in [0.2, 0.25) is 0 Å². The van der Waals surface area contributed by atoms with Crippen LogP contribution >= 0.6 is 6.49 Å². The quantitative estimate of drug-likeness (QED) is 0.698. The van der Waals surface area contributed by atoms with E-state index in [4.69, 9.17) is 20.9 Å². The minimum Gasteiger partial charge on any atom is -0.329 e. The molecule has 0 atom stereocenters. The normalized spacial score (nSPS) is 41.1. The molecule has 1 aliphatic carbocycles. The van der Waals surface area contributed by atoms with E-state index in [2.05, 4.69) is 20.8 Å². The molecule has 0 amide bonds. The molecule has 2 fully saturated rings. The first kappa shape index (κ1) is 12.0. The minimum atomic E-state index is -1.86. The summed E-state index contributed by atoms with van der Waals surface area (Å²) in [6.07, 6.45) is 3.50. The molecule has 0 N–H and O–H groups in total. The first-order valence-electron chi connectivity index (χ1n) is 5.82. The largest absolute Gasteiger partial charge is 0.329 e. The Bertz CT molecular complexity index is 270. The molecule has 0 aromatic rings. The fourth-order valence-corrected chi connectivity index (χ4v) is 4.29. The van der Waals surface area contributed by atoms with Crippen molar-refractivity contribution in [3.8, 4) is 0 Å². The van der Waals surface area contributed by atoms with E-state index in [0.29, 0.717) is 11.3 Å². The second-order valence-electron chi connectivity index (χ2n) is 5.61. The second-order valence-corrected chi connectivity index (χ2v) is 9.65. The van der Waals surface area contributed by atoms with E-state index in [0.717, 1.165) is 25.3 Å². The first-order chi connectivity index (χ1) is 6.94. The van der Waals surface area contributed by atoms with Crippen molar-refractivity contribution in [3.05, 3.63) is 0 Å². The molecule has 4 heteroatoms. The molecule has 1 heterocycles. The van der Waals surface area contributed by atoms with E-state index >= 15 is 0 Å². The van der Waals surface area contributed by atoms with Crippen LogP contribution in [0.5, 0.6) is 0 Å². The van der Waals surface area contributed by atoms with E-state index in [1.165, 1.54) is 12.8 Å². The van der Waals surface area contributed by atoms with Crippen molar-refractivity contribution in [2.75, 3.05) is 19.4 Å². The van der Waals surface area contributed by atoms with E-state index in [-0.39, 0.29) is 0 Å². The third-order valence-electron chi connectivity index (χ3n) is 3.65. The van der Waals surface area contributed by atoms with Gasteiger partial charge in [0.25, 0.3) is 0 Å². The zero-order valence-corrected chi connectivity index (χ0v) is 11.6. The highest BCUT2D eigenvalue weighted by atomic mass is 32.5. The van der Waals surface area contributed by atoms with Crippen molar-refractivity contribution in [2.24, 2.45) is 17.3 Å². The van der Waals surface area contributed by atoms with Crippen molar-refractivity contribution >= 4 is 18.3 Å². The van der Waals surface area contributed by atoms with Crippen molar-refractivity contribution in [1.29, 1.82) is 0 Å². The molecule has 0 aromatic heterocycles. The van der Waals surface area contributed by atoms with Gasteiger partial charge in [0.15, 0.2) is 6.49 Å². The van der Waals surface area contributed by atoms with E-state index in [9.17, 15) is 0 Å². The lowest BCUT2D eigenvalue weighted by atomic mass is 9.60. The molecular weight excluding hydrogens is 227 g/mol. The highest BCUT2D eigenvalue weighted by Crippen LogP contribution is 2.55. The van der Waals surface area contributed by atoms with Crippen LogP contribution in [-0.4, -0.2) is 19.4 Å². The fourth-order valence-electron chi connectivity index (χ4n) is 2.65. The van der Waals surface area contributed by atoms with Crippen LogP contribution in [0.1, 0.15) is 33.6 Å². The maximum atomic E-state index is 5.76. The molecule has 0 bridgehead atoms. The van der Waals surface area contributed by atoms with Crippen LogP contribution in [-0.2, 0) is 20.9 Å². The van der Waals surface area contributed by atoms with Crippen LogP contribution in [0.15, 0.2) is 0 Å². The van der Waals surface area contributed by atoms with Gasteiger partial charge in [0.05, 0.1) is 13.2 Å². The van der Waals surface area contributed by atoms with Gasteiger partial charge in [0.1, 0.15) is 0 Å². The summed E-state index contributed by atoms with van der Waals surface area (Å²) in [5, 5.41) is 0. The molecule has 0 radical (unpaired) electrons. The summed E-state index contributed by atoms with van der Waals surface area (Å²) in [7, 11) is 0. The first-order valence-corrected chi connectivity index (χ1v) is 8.65. The van der Waals surface area contributed by atoms with Crippen LogP contribution in [0, 0.1) is 17.3 Å². The molecule has 2 aliphatic rings. The summed E-state index contributed by atoms with van der Waals surface area (Å²) >= 11 is 5.36. The van der Waals surface area contributed by atoms with E-state index < -0.39 is 6.49 Å². The van der Waals surface area contributed by atoms with Gasteiger partial charge < -0.3 is 9.05 Å². The Labute approximate surface area is 97.9 Å². The van der Waals surface area contributed by atoms with Crippen LogP contribution < -0.4 is 0 Å². The van der Waals surface area contributed by atoms with Gasteiger partial charge in [0, 0.05) is 12.1 Å². The standard InChI is InChI=1S/C11H21O2PS/c1-4-14(15)12-7-10(8-13-14)9-5-11(2,3)6-9/h9-10H,4-8H2,1-3H3. The van der Waals surface area contributed by atoms with Crippen LogP contribution in [0.2, 0.25) is 0 Å². The van der Waals surface area contributed by atoms with Gasteiger partial charge in [-0.1, -0.05) is 20.8 Å². The smallest absolute Gasteiger partial charge is 0.188 e. The molecule has 1 saturated carbocycles. The summed E-state index contributed by atoms with van der Waals surface area (Å²) in [6.45, 7) is 6.56. The third-order valence-corrected chi connectivity index (χ3v) is 6.92. The van der Waals surface area contributed by atoms with E-state index in [1.54, 1.807) is 0 Å². The lowest BCUT2D eigenvalue weighted by molar-refractivity contribution is -0.00949. The van der Waals surface area contributed by atoms with Crippen LogP contribution in [0.25, 0.3) is 0 Å². The summed E-state index contributed by atoms with van der Waals surface area (Å²) < 4.78 is 11.5. The SMILES string of the molecule is CCP1(=S)OCC(C2CC(C)(C)C2)CO1. The van der Waals surface area contributed by atoms with Crippen LogP contribution in [0.4, 0.5) is 0 Å². The van der Waals surface area contributed by atoms with Crippen molar-refractivity contribution in [1.82, 2.24) is 0 Å². The maximum Gasteiger partial charge on any atom is 0.188 e. The monoisotopic (exact) mass is 248 g/mol. The lowest BCUT2D eigenvalue weighted by Gasteiger charge is -2.48. The average Bonchev–Trinajstić information content (AvgIpc) is 2.16. The molecule has 15 heavy (non-hydrogen) atoms. The molecule has 2 rings (SSSR count). The molecule has 2 nitrogen and oxygen atoms in total. The summed E-state index contributed by atoms with van der Waals surface area (Å²) in [4.78, 5) is 0. The predicted octanol–water partition coefficient (Wildman–Crippen LogP) is 3.42. The molecule has 1 aliphatic heterocycles. The average molecular weight is 248 g/mol. The van der Waals surface area contributed by atoms with Gasteiger partial charge >= 0.3 is 0 Å². The van der Waals surface area contributed by atoms with Crippen LogP contribution in [0.3, 0.4) is 0 Å². The minimum absolute atomic E-state index is 0.549. The van der Waals surface area contributed by atoms with Gasteiger partial charge in [-0.2, -0.15) is 0 Å². The third kappa shape index (κ3) is 2.63. The lowest BCUT2D eigenvalue weighted by Crippen LogP contribution is -2.41. The molecule has 0 aromatic carbocycles. The summed E-state index contributed by atoms with van der Waals surface area (Å²) in [5.41, 5.74) is 0.549. The predicted molar refractivity (Wildman–Crippen MR) is 66.7 cm³/mol.